The van der Waals surface area contributed by atoms with Crippen molar-refractivity contribution in [2.45, 2.75) is 52.3 Å². The fourth-order valence-electron chi connectivity index (χ4n) is 4.94. The lowest BCUT2D eigenvalue weighted by Gasteiger charge is -2.25. The highest BCUT2D eigenvalue weighted by Gasteiger charge is 2.28. The maximum Gasteiger partial charge on any atom is 0.337 e. The van der Waals surface area contributed by atoms with Crippen molar-refractivity contribution in [1.29, 1.82) is 0 Å². The van der Waals surface area contributed by atoms with Gasteiger partial charge in [-0.05, 0) is 43.9 Å². The van der Waals surface area contributed by atoms with Crippen LogP contribution in [0, 0.1) is 0 Å². The van der Waals surface area contributed by atoms with Gasteiger partial charge in [-0.15, -0.1) is 11.3 Å². The molecular formula is C26H28N4O6S. The van der Waals surface area contributed by atoms with Crippen LogP contribution in [-0.2, 0) is 33.8 Å². The summed E-state index contributed by atoms with van der Waals surface area (Å²) in [5.41, 5.74) is 0.277. The van der Waals surface area contributed by atoms with Gasteiger partial charge in [0.25, 0.3) is 5.56 Å². The van der Waals surface area contributed by atoms with Crippen molar-refractivity contribution in [3.63, 3.8) is 0 Å². The number of ketones is 1. The van der Waals surface area contributed by atoms with Gasteiger partial charge in [0.15, 0.2) is 5.78 Å². The molecule has 5 rings (SSSR count). The highest BCUT2D eigenvalue weighted by Crippen LogP contribution is 2.33. The van der Waals surface area contributed by atoms with Crippen LogP contribution in [0.3, 0.4) is 0 Å². The topological polar surface area (TPSA) is 120 Å². The zero-order chi connectivity index (χ0) is 26.3. The van der Waals surface area contributed by atoms with Crippen molar-refractivity contribution in [2.24, 2.45) is 0 Å². The van der Waals surface area contributed by atoms with Crippen LogP contribution >= 0.6 is 11.3 Å². The summed E-state index contributed by atoms with van der Waals surface area (Å²) in [6.07, 6.45) is 2.24. The number of ether oxygens (including phenoxy) is 1. The van der Waals surface area contributed by atoms with Crippen molar-refractivity contribution in [3.8, 4) is 5.69 Å². The van der Waals surface area contributed by atoms with Gasteiger partial charge in [0.2, 0.25) is 11.8 Å². The minimum atomic E-state index is -0.660. The fourth-order valence-corrected chi connectivity index (χ4v) is 6.28. The van der Waals surface area contributed by atoms with Gasteiger partial charge < -0.3 is 15.0 Å². The predicted molar refractivity (Wildman–Crippen MR) is 138 cm³/mol. The Morgan fingerprint density at radius 3 is 2.70 bits per heavy atom. The number of hydrogen-bond donors (Lipinski definition) is 1. The van der Waals surface area contributed by atoms with Gasteiger partial charge in [0.05, 0.1) is 23.7 Å². The summed E-state index contributed by atoms with van der Waals surface area (Å²) in [4.78, 5) is 67.4. The second-order valence-electron chi connectivity index (χ2n) is 9.43. The first-order valence-corrected chi connectivity index (χ1v) is 13.1. The fraction of sp³-hybridized carbons (Fsp3) is 0.423. The molecule has 2 aliphatic heterocycles. The van der Waals surface area contributed by atoms with E-state index in [4.69, 9.17) is 4.74 Å². The Kier molecular flexibility index (Phi) is 6.82. The van der Waals surface area contributed by atoms with Crippen LogP contribution < -0.4 is 16.6 Å². The summed E-state index contributed by atoms with van der Waals surface area (Å²) >= 11 is 1.27. The number of thiophene rings is 1. The molecule has 1 atom stereocenters. The lowest BCUT2D eigenvalue weighted by molar-refractivity contribution is -0.129. The van der Waals surface area contributed by atoms with E-state index in [2.05, 4.69) is 5.32 Å². The number of aromatic nitrogens is 2. The maximum absolute atomic E-state index is 13.8. The lowest BCUT2D eigenvalue weighted by Crippen LogP contribution is -2.42. The minimum absolute atomic E-state index is 0.0458. The normalized spacial score (nSPS) is 17.1. The van der Waals surface area contributed by atoms with E-state index in [0.717, 1.165) is 27.8 Å². The first-order valence-electron chi connectivity index (χ1n) is 12.3. The Morgan fingerprint density at radius 1 is 1.19 bits per heavy atom. The second kappa shape index (κ2) is 10.1. The zero-order valence-corrected chi connectivity index (χ0v) is 21.6. The standard InChI is InChI=1S/C26H28N4O6S/c1-15(31)17-5-3-6-18(11-17)30-24(34)23-20-8-9-28(16(2)32)13-21(20)37-25(23)29(26(30)35)14-22(33)27-12-19-7-4-10-36-19/h3,5-6,11,19H,4,7-10,12-14H2,1-2H3,(H,27,33)/t19-/m1/s1. The highest BCUT2D eigenvalue weighted by molar-refractivity contribution is 7.18. The van der Waals surface area contributed by atoms with Crippen molar-refractivity contribution in [3.05, 3.63) is 61.1 Å². The van der Waals surface area contributed by atoms with Crippen LogP contribution in [0.15, 0.2) is 33.9 Å². The van der Waals surface area contributed by atoms with Crippen LogP contribution in [0.5, 0.6) is 0 Å². The molecule has 2 aliphatic rings. The smallest absolute Gasteiger partial charge is 0.337 e. The third-order valence-electron chi connectivity index (χ3n) is 6.93. The van der Waals surface area contributed by atoms with Crippen molar-refractivity contribution >= 4 is 39.2 Å². The maximum atomic E-state index is 13.8. The zero-order valence-electron chi connectivity index (χ0n) is 20.7. The molecule has 0 bridgehead atoms. The van der Waals surface area contributed by atoms with Gasteiger partial charge >= 0.3 is 5.69 Å². The van der Waals surface area contributed by atoms with E-state index in [1.165, 1.54) is 35.8 Å². The number of nitrogens with zero attached hydrogens (tertiary/aromatic N) is 3. The third kappa shape index (κ3) is 4.76. The molecule has 10 nitrogen and oxygen atoms in total. The van der Waals surface area contributed by atoms with E-state index < -0.39 is 11.2 Å². The monoisotopic (exact) mass is 524 g/mol. The molecule has 0 unspecified atom stereocenters. The third-order valence-corrected chi connectivity index (χ3v) is 8.17. The average Bonchev–Trinajstić information content (AvgIpc) is 3.53. The summed E-state index contributed by atoms with van der Waals surface area (Å²) in [6, 6.07) is 6.35. The molecule has 194 valence electrons. The molecule has 4 heterocycles. The van der Waals surface area contributed by atoms with Crippen LogP contribution in [-0.4, -0.2) is 57.4 Å². The Bertz CT molecular complexity index is 1530. The molecule has 11 heteroatoms. The molecule has 37 heavy (non-hydrogen) atoms. The highest BCUT2D eigenvalue weighted by atomic mass is 32.1. The number of benzene rings is 1. The Morgan fingerprint density at radius 2 is 2.00 bits per heavy atom. The number of nitrogens with one attached hydrogen (secondary N) is 1. The molecule has 1 aromatic carbocycles. The number of carbonyl (C=O) groups excluding carboxylic acids is 3. The molecule has 0 radical (unpaired) electrons. The number of carbonyl (C=O) groups is 3. The Hall–Kier alpha value is -3.57. The van der Waals surface area contributed by atoms with E-state index in [-0.39, 0.29) is 35.9 Å². The number of fused-ring (bicyclic) bond motifs is 3. The molecule has 0 aliphatic carbocycles. The van der Waals surface area contributed by atoms with Gasteiger partial charge in [0, 0.05) is 37.1 Å². The summed E-state index contributed by atoms with van der Waals surface area (Å²) in [7, 11) is 0. The number of amides is 2. The second-order valence-corrected chi connectivity index (χ2v) is 10.5. The molecule has 1 N–H and O–H groups in total. The summed E-state index contributed by atoms with van der Waals surface area (Å²) in [5.74, 6) is -0.618. The van der Waals surface area contributed by atoms with E-state index >= 15 is 0 Å². The molecule has 0 spiro atoms. The predicted octanol–water partition coefficient (Wildman–Crippen LogP) is 1.62. The lowest BCUT2D eigenvalue weighted by atomic mass is 10.1. The van der Waals surface area contributed by atoms with Crippen molar-refractivity contribution in [1.82, 2.24) is 19.4 Å². The SMILES string of the molecule is CC(=O)c1cccc(-n2c(=O)c3c4c(sc3n(CC(=O)NC[C@H]3CCCO3)c2=O)CN(C(C)=O)CC4)c1. The number of Topliss-reactive ketones (excluding diaryl/α,β-unsaturated/α-hetero) is 1. The summed E-state index contributed by atoms with van der Waals surface area (Å²) < 4.78 is 7.93. The molecule has 2 amide bonds. The largest absolute Gasteiger partial charge is 0.376 e. The van der Waals surface area contributed by atoms with E-state index in [9.17, 15) is 24.0 Å². The molecule has 0 saturated carbocycles. The van der Waals surface area contributed by atoms with E-state index in [1.54, 1.807) is 23.1 Å². The average molecular weight is 525 g/mol. The minimum Gasteiger partial charge on any atom is -0.376 e. The Balaban J connectivity index is 1.64. The molecule has 3 aromatic rings. The van der Waals surface area contributed by atoms with Crippen LogP contribution in [0.2, 0.25) is 0 Å². The van der Waals surface area contributed by atoms with Gasteiger partial charge in [-0.25, -0.2) is 9.36 Å². The first kappa shape index (κ1) is 25.1. The van der Waals surface area contributed by atoms with Crippen molar-refractivity contribution < 1.29 is 19.1 Å². The van der Waals surface area contributed by atoms with Crippen LogP contribution in [0.25, 0.3) is 15.9 Å². The molecule has 1 saturated heterocycles. The molecule has 2 aromatic heterocycles. The quantitative estimate of drug-likeness (QED) is 0.490. The van der Waals surface area contributed by atoms with Gasteiger partial charge in [-0.2, -0.15) is 0 Å². The van der Waals surface area contributed by atoms with Gasteiger partial charge in [-0.1, -0.05) is 12.1 Å². The Labute approximate surface area is 216 Å². The molecular weight excluding hydrogens is 496 g/mol. The van der Waals surface area contributed by atoms with E-state index in [1.807, 2.05) is 0 Å². The van der Waals surface area contributed by atoms with Crippen LogP contribution in [0.1, 0.15) is 47.5 Å². The van der Waals surface area contributed by atoms with E-state index in [0.29, 0.717) is 48.4 Å². The number of hydrogen-bond acceptors (Lipinski definition) is 7. The van der Waals surface area contributed by atoms with Crippen molar-refractivity contribution in [2.75, 3.05) is 19.7 Å². The summed E-state index contributed by atoms with van der Waals surface area (Å²) in [6.45, 7) is 4.48. The summed E-state index contributed by atoms with van der Waals surface area (Å²) in [5, 5.41) is 3.22. The van der Waals surface area contributed by atoms with Gasteiger partial charge in [0.1, 0.15) is 11.4 Å². The van der Waals surface area contributed by atoms with Gasteiger partial charge in [-0.3, -0.25) is 23.7 Å². The molecule has 1 fully saturated rings. The van der Waals surface area contributed by atoms with Crippen LogP contribution in [0.4, 0.5) is 0 Å². The number of rotatable bonds is 6. The first-order chi connectivity index (χ1) is 17.7.